The minimum absolute atomic E-state index is 0.00766. The molecule has 1 saturated heterocycles. The first-order valence-electron chi connectivity index (χ1n) is 9.38. The second kappa shape index (κ2) is 9.62. The zero-order valence-electron chi connectivity index (χ0n) is 15.6. The molecule has 2 aromatic carbocycles. The highest BCUT2D eigenvalue weighted by atomic mass is 19.1. The van der Waals surface area contributed by atoms with Gasteiger partial charge in [-0.1, -0.05) is 18.2 Å². The lowest BCUT2D eigenvalue weighted by molar-refractivity contribution is 0.0211. The molecule has 2 aromatic rings. The van der Waals surface area contributed by atoms with Gasteiger partial charge in [0.15, 0.2) is 5.78 Å². The van der Waals surface area contributed by atoms with E-state index in [9.17, 15) is 9.18 Å². The van der Waals surface area contributed by atoms with Gasteiger partial charge >= 0.3 is 0 Å². The summed E-state index contributed by atoms with van der Waals surface area (Å²) in [7, 11) is 1.70. The van der Waals surface area contributed by atoms with Crippen LogP contribution in [0.4, 0.5) is 4.39 Å². The maximum atomic E-state index is 13.0. The number of hydrogen-bond donors (Lipinski definition) is 0. The lowest BCUT2D eigenvalue weighted by Gasteiger charge is -2.33. The predicted octanol–water partition coefficient (Wildman–Crippen LogP) is 3.81. The second-order valence-electron chi connectivity index (χ2n) is 6.93. The molecule has 144 valence electrons. The second-order valence-corrected chi connectivity index (χ2v) is 6.93. The van der Waals surface area contributed by atoms with Crippen LogP contribution in [-0.4, -0.2) is 50.1 Å². The van der Waals surface area contributed by atoms with Crippen LogP contribution in [0.3, 0.4) is 0 Å². The highest BCUT2D eigenvalue weighted by molar-refractivity contribution is 5.97. The van der Waals surface area contributed by atoms with Gasteiger partial charge in [0.1, 0.15) is 24.3 Å². The number of halogens is 1. The maximum absolute atomic E-state index is 13.0. The first kappa shape index (κ1) is 19.5. The van der Waals surface area contributed by atoms with Gasteiger partial charge < -0.3 is 14.4 Å². The standard InChI is InChI=1S/C22H26FNO3/c1-26-21(16-27-20-5-3-2-4-6-20)15-24-13-11-18(12-14-24)22(25)17-7-9-19(23)10-8-17/h2-10,18,21H,11-16H2,1H3/t21-/m1/s1. The monoisotopic (exact) mass is 371 g/mol. The van der Waals surface area contributed by atoms with Crippen molar-refractivity contribution in [1.29, 1.82) is 0 Å². The smallest absolute Gasteiger partial charge is 0.166 e. The SMILES string of the molecule is CO[C@@H](COc1ccccc1)CN1CCC(C(=O)c2ccc(F)cc2)CC1. The lowest BCUT2D eigenvalue weighted by Crippen LogP contribution is -2.42. The van der Waals surface area contributed by atoms with Crippen molar-refractivity contribution in [3.05, 3.63) is 66.0 Å². The summed E-state index contributed by atoms with van der Waals surface area (Å²) in [6.07, 6.45) is 1.60. The van der Waals surface area contributed by atoms with Gasteiger partial charge in [0, 0.05) is 25.1 Å². The van der Waals surface area contributed by atoms with Gasteiger partial charge in [0.05, 0.1) is 0 Å². The third kappa shape index (κ3) is 5.62. The molecule has 1 heterocycles. The first-order valence-corrected chi connectivity index (χ1v) is 9.38. The minimum Gasteiger partial charge on any atom is -0.491 e. The number of nitrogens with zero attached hydrogens (tertiary/aromatic N) is 1. The predicted molar refractivity (Wildman–Crippen MR) is 103 cm³/mol. The van der Waals surface area contributed by atoms with Crippen LogP contribution in [0, 0.1) is 11.7 Å². The van der Waals surface area contributed by atoms with Gasteiger partial charge in [-0.3, -0.25) is 4.79 Å². The molecule has 27 heavy (non-hydrogen) atoms. The Morgan fingerprint density at radius 1 is 1.11 bits per heavy atom. The van der Waals surface area contributed by atoms with Gasteiger partial charge in [-0.05, 0) is 62.3 Å². The number of carbonyl (C=O) groups is 1. The number of para-hydroxylation sites is 1. The van der Waals surface area contributed by atoms with Crippen LogP contribution in [-0.2, 0) is 4.74 Å². The van der Waals surface area contributed by atoms with Gasteiger partial charge in [-0.15, -0.1) is 0 Å². The van der Waals surface area contributed by atoms with E-state index in [1.54, 1.807) is 19.2 Å². The van der Waals surface area contributed by atoms with Crippen LogP contribution in [0.5, 0.6) is 5.75 Å². The van der Waals surface area contributed by atoms with Gasteiger partial charge in [-0.25, -0.2) is 4.39 Å². The molecule has 4 nitrogen and oxygen atoms in total. The molecule has 0 amide bonds. The number of likely N-dealkylation sites (tertiary alicyclic amines) is 1. The van der Waals surface area contributed by atoms with Crippen LogP contribution in [0.15, 0.2) is 54.6 Å². The average Bonchev–Trinajstić information content (AvgIpc) is 2.72. The molecular weight excluding hydrogens is 345 g/mol. The molecule has 0 aliphatic carbocycles. The number of benzene rings is 2. The third-order valence-corrected chi connectivity index (χ3v) is 5.06. The Labute approximate surface area is 159 Å². The highest BCUT2D eigenvalue weighted by Gasteiger charge is 2.27. The van der Waals surface area contributed by atoms with Gasteiger partial charge in [-0.2, -0.15) is 0 Å². The number of Topliss-reactive ketones (excluding diaryl/α,β-unsaturated/α-hetero) is 1. The van der Waals surface area contributed by atoms with Crippen molar-refractivity contribution < 1.29 is 18.7 Å². The molecule has 3 rings (SSSR count). The highest BCUT2D eigenvalue weighted by Crippen LogP contribution is 2.22. The summed E-state index contributed by atoms with van der Waals surface area (Å²) in [6.45, 7) is 2.97. The molecule has 1 aliphatic rings. The molecule has 5 heteroatoms. The summed E-state index contributed by atoms with van der Waals surface area (Å²) in [6, 6.07) is 15.5. The first-order chi connectivity index (χ1) is 13.2. The molecule has 0 saturated carbocycles. The molecule has 0 spiro atoms. The van der Waals surface area contributed by atoms with Crippen LogP contribution >= 0.6 is 0 Å². The fraction of sp³-hybridized carbons (Fsp3) is 0.409. The van der Waals surface area contributed by atoms with Crippen molar-refractivity contribution in [2.45, 2.75) is 18.9 Å². The summed E-state index contributed by atoms with van der Waals surface area (Å²) < 4.78 is 24.4. The molecule has 0 bridgehead atoms. The van der Waals surface area contributed by atoms with E-state index >= 15 is 0 Å². The van der Waals surface area contributed by atoms with Crippen LogP contribution in [0.25, 0.3) is 0 Å². The Morgan fingerprint density at radius 3 is 2.41 bits per heavy atom. The van der Waals surface area contributed by atoms with Crippen molar-refractivity contribution in [2.24, 2.45) is 5.92 Å². The van der Waals surface area contributed by atoms with E-state index in [1.807, 2.05) is 30.3 Å². The third-order valence-electron chi connectivity index (χ3n) is 5.06. The van der Waals surface area contributed by atoms with Crippen LogP contribution in [0.1, 0.15) is 23.2 Å². The molecule has 0 N–H and O–H groups in total. The Kier molecular flexibility index (Phi) is 6.96. The molecule has 1 atom stereocenters. The van der Waals surface area contributed by atoms with Crippen LogP contribution in [0.2, 0.25) is 0 Å². The summed E-state index contributed by atoms with van der Waals surface area (Å²) in [4.78, 5) is 14.9. The maximum Gasteiger partial charge on any atom is 0.166 e. The van der Waals surface area contributed by atoms with Crippen molar-refractivity contribution in [1.82, 2.24) is 4.90 Å². The zero-order chi connectivity index (χ0) is 19.1. The lowest BCUT2D eigenvalue weighted by atomic mass is 9.89. The van der Waals surface area contributed by atoms with Gasteiger partial charge in [0.2, 0.25) is 0 Å². The summed E-state index contributed by atoms with van der Waals surface area (Å²) in [5, 5.41) is 0. The normalized spacial score (nSPS) is 16.8. The van der Waals surface area contributed by atoms with Gasteiger partial charge in [0.25, 0.3) is 0 Å². The minimum atomic E-state index is -0.315. The Balaban J connectivity index is 1.45. The summed E-state index contributed by atoms with van der Waals surface area (Å²) >= 11 is 0. The Hall–Kier alpha value is -2.24. The molecule has 1 fully saturated rings. The number of rotatable bonds is 8. The quantitative estimate of drug-likeness (QED) is 0.662. The molecular formula is C22H26FNO3. The van der Waals surface area contributed by atoms with Crippen molar-refractivity contribution in [2.75, 3.05) is 33.4 Å². The van der Waals surface area contributed by atoms with E-state index in [2.05, 4.69) is 4.90 Å². The number of piperidine rings is 1. The van der Waals surface area contributed by atoms with E-state index in [0.717, 1.165) is 38.2 Å². The molecule has 0 radical (unpaired) electrons. The van der Waals surface area contributed by atoms with E-state index in [-0.39, 0.29) is 23.6 Å². The molecule has 0 aromatic heterocycles. The number of methoxy groups -OCH3 is 1. The fourth-order valence-electron chi connectivity index (χ4n) is 3.42. The summed E-state index contributed by atoms with van der Waals surface area (Å²) in [5.74, 6) is 0.645. The Morgan fingerprint density at radius 2 is 1.78 bits per heavy atom. The Bertz CT molecular complexity index is 712. The van der Waals surface area contributed by atoms with E-state index in [4.69, 9.17) is 9.47 Å². The largest absolute Gasteiger partial charge is 0.491 e. The van der Waals surface area contributed by atoms with Crippen molar-refractivity contribution in [3.63, 3.8) is 0 Å². The number of ketones is 1. The average molecular weight is 371 g/mol. The number of hydrogen-bond acceptors (Lipinski definition) is 4. The van der Waals surface area contributed by atoms with E-state index in [0.29, 0.717) is 12.2 Å². The zero-order valence-corrected chi connectivity index (χ0v) is 15.6. The molecule has 0 unspecified atom stereocenters. The molecule has 1 aliphatic heterocycles. The van der Waals surface area contributed by atoms with E-state index < -0.39 is 0 Å². The fourth-order valence-corrected chi connectivity index (χ4v) is 3.42. The van der Waals surface area contributed by atoms with E-state index in [1.165, 1.54) is 12.1 Å². The number of ether oxygens (including phenoxy) is 2. The summed E-state index contributed by atoms with van der Waals surface area (Å²) in [5.41, 5.74) is 0.598. The van der Waals surface area contributed by atoms with Crippen molar-refractivity contribution >= 4 is 5.78 Å². The van der Waals surface area contributed by atoms with Crippen molar-refractivity contribution in [3.8, 4) is 5.75 Å². The topological polar surface area (TPSA) is 38.8 Å². The number of carbonyl (C=O) groups excluding carboxylic acids is 1. The van der Waals surface area contributed by atoms with Crippen LogP contribution < -0.4 is 4.74 Å².